The third-order valence-electron chi connectivity index (χ3n) is 4.77. The number of aromatic nitrogens is 2. The van der Waals surface area contributed by atoms with E-state index in [0.29, 0.717) is 0 Å². The van der Waals surface area contributed by atoms with Crippen molar-refractivity contribution in [2.75, 3.05) is 5.73 Å². The Morgan fingerprint density at radius 1 is 1.00 bits per heavy atom. The fraction of sp³-hybridized carbons (Fsp3) is 0.381. The van der Waals surface area contributed by atoms with Crippen molar-refractivity contribution in [3.05, 3.63) is 58.9 Å². The number of aryl methyl sites for hydroxylation is 3. The molecule has 0 radical (unpaired) electrons. The van der Waals surface area contributed by atoms with Crippen LogP contribution in [0.25, 0.3) is 11.0 Å². The minimum atomic E-state index is 0.807. The van der Waals surface area contributed by atoms with Crippen molar-refractivity contribution in [1.82, 2.24) is 9.55 Å². The van der Waals surface area contributed by atoms with Crippen molar-refractivity contribution in [3.8, 4) is 0 Å². The van der Waals surface area contributed by atoms with E-state index in [1.165, 1.54) is 41.5 Å². The van der Waals surface area contributed by atoms with Gasteiger partial charge in [0.1, 0.15) is 5.82 Å². The third-order valence-corrected chi connectivity index (χ3v) is 4.77. The lowest BCUT2D eigenvalue weighted by Crippen LogP contribution is -2.05. The highest BCUT2D eigenvalue weighted by Crippen LogP contribution is 2.23. The first kappa shape index (κ1) is 16.6. The van der Waals surface area contributed by atoms with Gasteiger partial charge in [-0.2, -0.15) is 0 Å². The van der Waals surface area contributed by atoms with Crippen LogP contribution in [-0.2, 0) is 13.0 Å². The molecule has 0 aliphatic rings. The van der Waals surface area contributed by atoms with E-state index in [2.05, 4.69) is 49.6 Å². The molecule has 2 aromatic carbocycles. The minimum absolute atomic E-state index is 0.807. The summed E-state index contributed by atoms with van der Waals surface area (Å²) in [4.78, 5) is 4.94. The van der Waals surface area contributed by atoms with Crippen LogP contribution in [0.3, 0.4) is 0 Å². The van der Waals surface area contributed by atoms with Gasteiger partial charge in [0.05, 0.1) is 11.0 Å². The van der Waals surface area contributed by atoms with E-state index in [0.717, 1.165) is 30.0 Å². The van der Waals surface area contributed by atoms with Gasteiger partial charge in [-0.1, -0.05) is 31.9 Å². The molecule has 3 aromatic rings. The quantitative estimate of drug-likeness (QED) is 0.512. The first-order chi connectivity index (χ1) is 11.6. The molecule has 0 unspecified atom stereocenters. The van der Waals surface area contributed by atoms with E-state index in [9.17, 15) is 0 Å². The number of nitrogens with zero attached hydrogens (tertiary/aromatic N) is 2. The molecule has 1 heterocycles. The standard InChI is InChI=1S/C21H27N3/c1-4-5-6-11-24-20-13-16(3)15(2)12-19(20)23-21(24)14-17-7-9-18(22)10-8-17/h7-10,12-13H,4-6,11,14,22H2,1-3H3. The summed E-state index contributed by atoms with van der Waals surface area (Å²) in [7, 11) is 0. The first-order valence-corrected chi connectivity index (χ1v) is 8.89. The lowest BCUT2D eigenvalue weighted by atomic mass is 10.1. The average molecular weight is 321 g/mol. The molecule has 24 heavy (non-hydrogen) atoms. The summed E-state index contributed by atoms with van der Waals surface area (Å²) in [5.74, 6) is 1.15. The molecule has 3 nitrogen and oxygen atoms in total. The molecule has 2 N–H and O–H groups in total. The molecule has 3 rings (SSSR count). The molecular weight excluding hydrogens is 294 g/mol. The highest BCUT2D eigenvalue weighted by Gasteiger charge is 2.12. The van der Waals surface area contributed by atoms with Gasteiger partial charge in [-0.05, 0) is 61.2 Å². The summed E-state index contributed by atoms with van der Waals surface area (Å²) in [6.07, 6.45) is 4.53. The van der Waals surface area contributed by atoms with Gasteiger partial charge in [-0.15, -0.1) is 0 Å². The highest BCUT2D eigenvalue weighted by atomic mass is 15.1. The Morgan fingerprint density at radius 2 is 1.71 bits per heavy atom. The van der Waals surface area contributed by atoms with E-state index in [-0.39, 0.29) is 0 Å². The second kappa shape index (κ2) is 7.08. The Kier molecular flexibility index (Phi) is 4.89. The molecule has 0 aliphatic heterocycles. The van der Waals surface area contributed by atoms with Crippen molar-refractivity contribution in [3.63, 3.8) is 0 Å². The van der Waals surface area contributed by atoms with Crippen molar-refractivity contribution < 1.29 is 0 Å². The molecule has 0 aliphatic carbocycles. The molecule has 1 aromatic heterocycles. The van der Waals surface area contributed by atoms with Crippen molar-refractivity contribution >= 4 is 16.7 Å². The van der Waals surface area contributed by atoms with E-state index in [1.807, 2.05) is 12.1 Å². The number of nitrogen functional groups attached to an aromatic ring is 1. The number of rotatable bonds is 6. The monoisotopic (exact) mass is 321 g/mol. The van der Waals surface area contributed by atoms with Gasteiger partial charge >= 0.3 is 0 Å². The highest BCUT2D eigenvalue weighted by molar-refractivity contribution is 5.78. The maximum Gasteiger partial charge on any atom is 0.114 e. The number of unbranched alkanes of at least 4 members (excludes halogenated alkanes) is 2. The van der Waals surface area contributed by atoms with Crippen molar-refractivity contribution in [1.29, 1.82) is 0 Å². The summed E-state index contributed by atoms with van der Waals surface area (Å²) in [5.41, 5.74) is 12.9. The van der Waals surface area contributed by atoms with Crippen LogP contribution in [0.2, 0.25) is 0 Å². The molecular formula is C21H27N3. The maximum atomic E-state index is 5.80. The Labute approximate surface area is 144 Å². The van der Waals surface area contributed by atoms with Crippen LogP contribution in [-0.4, -0.2) is 9.55 Å². The van der Waals surface area contributed by atoms with Gasteiger partial charge in [-0.3, -0.25) is 0 Å². The van der Waals surface area contributed by atoms with Gasteiger partial charge in [-0.25, -0.2) is 4.98 Å². The number of nitrogens with two attached hydrogens (primary N) is 1. The minimum Gasteiger partial charge on any atom is -0.399 e. The summed E-state index contributed by atoms with van der Waals surface area (Å²) in [5, 5.41) is 0. The molecule has 0 amide bonds. The van der Waals surface area contributed by atoms with Gasteiger partial charge in [0, 0.05) is 18.7 Å². The Balaban J connectivity index is 2.00. The number of hydrogen-bond donors (Lipinski definition) is 1. The summed E-state index contributed by atoms with van der Waals surface area (Å²) < 4.78 is 2.41. The molecule has 3 heteroatoms. The smallest absolute Gasteiger partial charge is 0.114 e. The largest absolute Gasteiger partial charge is 0.399 e. The molecule has 126 valence electrons. The second-order valence-corrected chi connectivity index (χ2v) is 6.73. The fourth-order valence-electron chi connectivity index (χ4n) is 3.15. The van der Waals surface area contributed by atoms with E-state index >= 15 is 0 Å². The SMILES string of the molecule is CCCCCn1c(Cc2ccc(N)cc2)nc2cc(C)c(C)cc21. The van der Waals surface area contributed by atoms with E-state index < -0.39 is 0 Å². The predicted molar refractivity (Wildman–Crippen MR) is 102 cm³/mol. The van der Waals surface area contributed by atoms with Gasteiger partial charge in [0.25, 0.3) is 0 Å². The van der Waals surface area contributed by atoms with Crippen LogP contribution in [0.5, 0.6) is 0 Å². The molecule has 0 fully saturated rings. The van der Waals surface area contributed by atoms with Gasteiger partial charge in [0.2, 0.25) is 0 Å². The Hall–Kier alpha value is -2.29. The molecule has 0 atom stereocenters. The lowest BCUT2D eigenvalue weighted by molar-refractivity contribution is 0.596. The molecule has 0 saturated carbocycles. The zero-order valence-corrected chi connectivity index (χ0v) is 15.0. The Bertz CT molecular complexity index is 828. The van der Waals surface area contributed by atoms with E-state index in [1.54, 1.807) is 0 Å². The second-order valence-electron chi connectivity index (χ2n) is 6.73. The first-order valence-electron chi connectivity index (χ1n) is 8.89. The summed E-state index contributed by atoms with van der Waals surface area (Å²) in [6, 6.07) is 12.6. The lowest BCUT2D eigenvalue weighted by Gasteiger charge is -2.10. The number of anilines is 1. The summed E-state index contributed by atoms with van der Waals surface area (Å²) in [6.45, 7) is 7.62. The third kappa shape index (κ3) is 3.45. The number of benzene rings is 2. The van der Waals surface area contributed by atoms with Gasteiger partial charge < -0.3 is 10.3 Å². The number of fused-ring (bicyclic) bond motifs is 1. The van der Waals surface area contributed by atoms with Crippen LogP contribution < -0.4 is 5.73 Å². The molecule has 0 spiro atoms. The zero-order valence-electron chi connectivity index (χ0n) is 15.0. The molecule has 0 bridgehead atoms. The number of hydrogen-bond acceptors (Lipinski definition) is 2. The average Bonchev–Trinajstić information content (AvgIpc) is 2.87. The predicted octanol–water partition coefficient (Wildman–Crippen LogP) is 5.02. The van der Waals surface area contributed by atoms with E-state index in [4.69, 9.17) is 10.7 Å². The number of imidazole rings is 1. The van der Waals surface area contributed by atoms with Gasteiger partial charge in [0.15, 0.2) is 0 Å². The van der Waals surface area contributed by atoms with Crippen LogP contribution in [0, 0.1) is 13.8 Å². The Morgan fingerprint density at radius 3 is 2.42 bits per heavy atom. The van der Waals surface area contributed by atoms with Crippen LogP contribution >= 0.6 is 0 Å². The van der Waals surface area contributed by atoms with Crippen molar-refractivity contribution in [2.24, 2.45) is 0 Å². The zero-order chi connectivity index (χ0) is 17.1. The topological polar surface area (TPSA) is 43.8 Å². The van der Waals surface area contributed by atoms with Crippen LogP contribution in [0.15, 0.2) is 36.4 Å². The van der Waals surface area contributed by atoms with Crippen molar-refractivity contribution in [2.45, 2.75) is 53.0 Å². The molecule has 0 saturated heterocycles. The normalized spacial score (nSPS) is 11.3. The van der Waals surface area contributed by atoms with Crippen LogP contribution in [0.4, 0.5) is 5.69 Å². The maximum absolute atomic E-state index is 5.80. The van der Waals surface area contributed by atoms with Crippen LogP contribution in [0.1, 0.15) is 48.7 Å². The summed E-state index contributed by atoms with van der Waals surface area (Å²) >= 11 is 0. The fourth-order valence-corrected chi connectivity index (χ4v) is 3.15.